The molecule has 0 radical (unpaired) electrons. The summed E-state index contributed by atoms with van der Waals surface area (Å²) in [7, 11) is 0. The van der Waals surface area contributed by atoms with Gasteiger partial charge in [-0.1, -0.05) is 25.2 Å². The lowest BCUT2D eigenvalue weighted by atomic mass is 9.83. The minimum Gasteiger partial charge on any atom is -0.328 e. The third-order valence-electron chi connectivity index (χ3n) is 2.54. The van der Waals surface area contributed by atoms with Gasteiger partial charge in [0.1, 0.15) is 0 Å². The van der Waals surface area contributed by atoms with Crippen molar-refractivity contribution in [1.82, 2.24) is 0 Å². The fourth-order valence-corrected chi connectivity index (χ4v) is 1.93. The van der Waals surface area contributed by atoms with Crippen LogP contribution in [-0.4, -0.2) is 11.8 Å². The SMILES string of the molecule is CC(N)CC1C=C(CS)C=CC1C. The first-order valence-electron chi connectivity index (χ1n) is 4.88. The van der Waals surface area contributed by atoms with E-state index in [-0.39, 0.29) is 6.04 Å². The number of hydrogen-bond acceptors (Lipinski definition) is 2. The van der Waals surface area contributed by atoms with Crippen molar-refractivity contribution in [1.29, 1.82) is 0 Å². The maximum Gasteiger partial charge on any atom is 0.0151 e. The largest absolute Gasteiger partial charge is 0.328 e. The molecule has 3 atom stereocenters. The second kappa shape index (κ2) is 4.87. The molecule has 0 saturated carbocycles. The lowest BCUT2D eigenvalue weighted by molar-refractivity contribution is 0.435. The monoisotopic (exact) mass is 197 g/mol. The zero-order chi connectivity index (χ0) is 9.84. The van der Waals surface area contributed by atoms with Crippen molar-refractivity contribution in [3.63, 3.8) is 0 Å². The molecule has 0 aromatic heterocycles. The summed E-state index contributed by atoms with van der Waals surface area (Å²) >= 11 is 4.27. The highest BCUT2D eigenvalue weighted by Gasteiger charge is 2.17. The van der Waals surface area contributed by atoms with Crippen molar-refractivity contribution in [3.8, 4) is 0 Å². The van der Waals surface area contributed by atoms with Crippen LogP contribution in [0.2, 0.25) is 0 Å². The van der Waals surface area contributed by atoms with Crippen molar-refractivity contribution in [2.24, 2.45) is 17.6 Å². The molecule has 0 saturated heterocycles. The smallest absolute Gasteiger partial charge is 0.0151 e. The average molecular weight is 197 g/mol. The van der Waals surface area contributed by atoms with Gasteiger partial charge in [0.15, 0.2) is 0 Å². The molecular formula is C11H19NS. The molecule has 13 heavy (non-hydrogen) atoms. The quantitative estimate of drug-likeness (QED) is 0.668. The Balaban J connectivity index is 2.62. The van der Waals surface area contributed by atoms with Crippen molar-refractivity contribution in [2.45, 2.75) is 26.3 Å². The van der Waals surface area contributed by atoms with Crippen molar-refractivity contribution < 1.29 is 0 Å². The molecule has 3 unspecified atom stereocenters. The summed E-state index contributed by atoms with van der Waals surface area (Å²) in [5.74, 6) is 2.06. The Hall–Kier alpha value is -0.210. The van der Waals surface area contributed by atoms with E-state index in [0.717, 1.165) is 12.2 Å². The molecule has 74 valence electrons. The fraction of sp³-hybridized carbons (Fsp3) is 0.636. The van der Waals surface area contributed by atoms with Gasteiger partial charge in [-0.25, -0.2) is 0 Å². The van der Waals surface area contributed by atoms with Gasteiger partial charge in [-0.2, -0.15) is 12.6 Å². The van der Waals surface area contributed by atoms with E-state index in [1.54, 1.807) is 0 Å². The van der Waals surface area contributed by atoms with Crippen LogP contribution in [0.1, 0.15) is 20.3 Å². The topological polar surface area (TPSA) is 26.0 Å². The zero-order valence-electron chi connectivity index (χ0n) is 8.40. The molecule has 0 bridgehead atoms. The zero-order valence-corrected chi connectivity index (χ0v) is 9.30. The third kappa shape index (κ3) is 3.20. The van der Waals surface area contributed by atoms with Crippen LogP contribution in [-0.2, 0) is 0 Å². The van der Waals surface area contributed by atoms with E-state index in [9.17, 15) is 0 Å². The van der Waals surface area contributed by atoms with Gasteiger partial charge in [0.05, 0.1) is 0 Å². The summed E-state index contributed by atoms with van der Waals surface area (Å²) in [5, 5.41) is 0. The number of hydrogen-bond donors (Lipinski definition) is 2. The van der Waals surface area contributed by atoms with Crippen LogP contribution in [0.3, 0.4) is 0 Å². The first-order chi connectivity index (χ1) is 6.13. The van der Waals surface area contributed by atoms with Crippen LogP contribution in [0.5, 0.6) is 0 Å². The summed E-state index contributed by atoms with van der Waals surface area (Å²) < 4.78 is 0. The molecule has 0 amide bonds. The molecule has 0 aliphatic heterocycles. The van der Waals surface area contributed by atoms with Crippen LogP contribution >= 0.6 is 12.6 Å². The first-order valence-corrected chi connectivity index (χ1v) is 5.52. The van der Waals surface area contributed by atoms with Gasteiger partial charge in [-0.3, -0.25) is 0 Å². The Kier molecular flexibility index (Phi) is 4.07. The summed E-state index contributed by atoms with van der Waals surface area (Å²) in [6.07, 6.45) is 7.83. The molecule has 0 aromatic carbocycles. The predicted molar refractivity (Wildman–Crippen MR) is 62.0 cm³/mol. The van der Waals surface area contributed by atoms with E-state index in [1.807, 2.05) is 0 Å². The summed E-state index contributed by atoms with van der Waals surface area (Å²) in [6, 6.07) is 0.288. The Morgan fingerprint density at radius 2 is 2.31 bits per heavy atom. The molecule has 0 heterocycles. The summed E-state index contributed by atoms with van der Waals surface area (Å²) in [5.41, 5.74) is 7.13. The second-order valence-electron chi connectivity index (χ2n) is 3.99. The number of allylic oxidation sites excluding steroid dienone is 3. The van der Waals surface area contributed by atoms with E-state index in [2.05, 4.69) is 44.7 Å². The van der Waals surface area contributed by atoms with Gasteiger partial charge in [0.2, 0.25) is 0 Å². The van der Waals surface area contributed by atoms with Crippen molar-refractivity contribution >= 4 is 12.6 Å². The maximum atomic E-state index is 5.80. The minimum absolute atomic E-state index is 0.288. The summed E-state index contributed by atoms with van der Waals surface area (Å²) in [6.45, 7) is 4.31. The van der Waals surface area contributed by atoms with Crippen LogP contribution in [0, 0.1) is 11.8 Å². The average Bonchev–Trinajstić information content (AvgIpc) is 2.08. The lowest BCUT2D eigenvalue weighted by Crippen LogP contribution is -2.23. The lowest BCUT2D eigenvalue weighted by Gasteiger charge is -2.24. The van der Waals surface area contributed by atoms with Gasteiger partial charge in [0, 0.05) is 11.8 Å². The molecule has 1 rings (SSSR count). The molecule has 1 aliphatic carbocycles. The molecule has 1 aliphatic rings. The molecule has 2 heteroatoms. The van der Waals surface area contributed by atoms with Gasteiger partial charge in [-0.15, -0.1) is 0 Å². The third-order valence-corrected chi connectivity index (χ3v) is 2.91. The maximum absolute atomic E-state index is 5.80. The highest BCUT2D eigenvalue weighted by molar-refractivity contribution is 7.80. The van der Waals surface area contributed by atoms with Gasteiger partial charge < -0.3 is 5.73 Å². The Morgan fingerprint density at radius 3 is 2.85 bits per heavy atom. The normalized spacial score (nSPS) is 30.0. The van der Waals surface area contributed by atoms with E-state index in [1.165, 1.54) is 5.57 Å². The standard InChI is InChI=1S/C11H19NS/c1-8-3-4-10(7-13)6-11(8)5-9(2)12/h3-4,6,8-9,11,13H,5,7,12H2,1-2H3. The fourth-order valence-electron chi connectivity index (χ4n) is 1.72. The van der Waals surface area contributed by atoms with Crippen LogP contribution in [0.4, 0.5) is 0 Å². The molecule has 0 spiro atoms. The molecular weight excluding hydrogens is 178 g/mol. The first kappa shape index (κ1) is 10.9. The Bertz CT molecular complexity index is 218. The highest BCUT2D eigenvalue weighted by Crippen LogP contribution is 2.26. The van der Waals surface area contributed by atoms with Crippen molar-refractivity contribution in [3.05, 3.63) is 23.8 Å². The molecule has 0 fully saturated rings. The number of thiol groups is 1. The van der Waals surface area contributed by atoms with Gasteiger partial charge in [0.25, 0.3) is 0 Å². The highest BCUT2D eigenvalue weighted by atomic mass is 32.1. The van der Waals surface area contributed by atoms with E-state index in [0.29, 0.717) is 11.8 Å². The second-order valence-corrected chi connectivity index (χ2v) is 4.31. The van der Waals surface area contributed by atoms with E-state index in [4.69, 9.17) is 5.73 Å². The van der Waals surface area contributed by atoms with Gasteiger partial charge in [-0.05, 0) is 30.8 Å². The van der Waals surface area contributed by atoms with E-state index >= 15 is 0 Å². The van der Waals surface area contributed by atoms with Crippen LogP contribution in [0.25, 0.3) is 0 Å². The molecule has 1 nitrogen and oxygen atoms in total. The Labute approximate surface area is 86.5 Å². The molecule has 2 N–H and O–H groups in total. The van der Waals surface area contributed by atoms with Gasteiger partial charge >= 0.3 is 0 Å². The Morgan fingerprint density at radius 1 is 1.62 bits per heavy atom. The van der Waals surface area contributed by atoms with Crippen LogP contribution in [0.15, 0.2) is 23.8 Å². The minimum atomic E-state index is 0.288. The number of nitrogens with two attached hydrogens (primary N) is 1. The number of rotatable bonds is 3. The van der Waals surface area contributed by atoms with Crippen LogP contribution < -0.4 is 5.73 Å². The predicted octanol–water partition coefficient (Wildman–Crippen LogP) is 2.40. The summed E-state index contributed by atoms with van der Waals surface area (Å²) in [4.78, 5) is 0. The van der Waals surface area contributed by atoms with Crippen molar-refractivity contribution in [2.75, 3.05) is 5.75 Å². The molecule has 0 aromatic rings. The van der Waals surface area contributed by atoms with E-state index < -0.39 is 0 Å².